The Hall–Kier alpha value is -1.20. The van der Waals surface area contributed by atoms with E-state index < -0.39 is 0 Å². The number of piperidine rings is 1. The quantitative estimate of drug-likeness (QED) is 0.879. The highest BCUT2D eigenvalue weighted by Crippen LogP contribution is 2.26. The van der Waals surface area contributed by atoms with Crippen LogP contribution in [0.2, 0.25) is 0 Å². The van der Waals surface area contributed by atoms with Crippen LogP contribution >= 0.6 is 11.8 Å². The Balaban J connectivity index is 1.51. The van der Waals surface area contributed by atoms with Crippen LogP contribution in [0.15, 0.2) is 24.3 Å². The molecule has 2 amide bonds. The fourth-order valence-electron chi connectivity index (χ4n) is 3.37. The number of carbonyl (C=O) groups is 1. The fourth-order valence-corrected chi connectivity index (χ4v) is 4.51. The van der Waals surface area contributed by atoms with E-state index in [1.165, 1.54) is 12.0 Å². The largest absolute Gasteiger partial charge is 0.381 e. The number of anilines is 1. The highest BCUT2D eigenvalue weighted by atomic mass is 32.2. The molecule has 1 aromatic rings. The lowest BCUT2D eigenvalue weighted by Gasteiger charge is -2.31. The average molecular weight is 349 g/mol. The van der Waals surface area contributed by atoms with E-state index in [2.05, 4.69) is 24.4 Å². The number of hydrogen-bond acceptors (Lipinski definition) is 3. The van der Waals surface area contributed by atoms with E-state index in [0.29, 0.717) is 11.2 Å². The van der Waals surface area contributed by atoms with Gasteiger partial charge in [0.05, 0.1) is 0 Å². The van der Waals surface area contributed by atoms with Crippen LogP contribution in [0.25, 0.3) is 0 Å². The van der Waals surface area contributed by atoms with E-state index in [1.807, 2.05) is 28.8 Å². The van der Waals surface area contributed by atoms with Crippen molar-refractivity contribution in [2.75, 3.05) is 31.6 Å². The first kappa shape index (κ1) is 17.6. The maximum atomic E-state index is 12.4. The molecule has 2 heterocycles. The van der Waals surface area contributed by atoms with Crippen molar-refractivity contribution in [1.82, 2.24) is 4.90 Å². The third-order valence-corrected chi connectivity index (χ3v) is 6.22. The van der Waals surface area contributed by atoms with E-state index in [4.69, 9.17) is 4.74 Å². The molecule has 0 saturated carbocycles. The molecule has 2 aliphatic rings. The van der Waals surface area contributed by atoms with Gasteiger partial charge in [-0.25, -0.2) is 4.79 Å². The van der Waals surface area contributed by atoms with Crippen molar-refractivity contribution in [3.05, 3.63) is 29.8 Å². The number of carbonyl (C=O) groups excluding carboxylic acids is 1. The van der Waals surface area contributed by atoms with Crippen LogP contribution in [0.4, 0.5) is 10.5 Å². The van der Waals surface area contributed by atoms with Gasteiger partial charge in [-0.1, -0.05) is 19.1 Å². The molecule has 2 fully saturated rings. The molecule has 0 aromatic heterocycles. The summed E-state index contributed by atoms with van der Waals surface area (Å²) >= 11 is 2.00. The molecule has 0 bridgehead atoms. The molecule has 4 nitrogen and oxygen atoms in total. The minimum atomic E-state index is 0.0378. The molecule has 1 atom stereocenters. The Morgan fingerprint density at radius 2 is 2.17 bits per heavy atom. The summed E-state index contributed by atoms with van der Waals surface area (Å²) in [4.78, 5) is 14.4. The van der Waals surface area contributed by atoms with Gasteiger partial charge in [0.1, 0.15) is 0 Å². The second kappa shape index (κ2) is 8.77. The summed E-state index contributed by atoms with van der Waals surface area (Å²) in [6, 6.07) is 8.31. The number of ether oxygens (including phenoxy) is 1. The van der Waals surface area contributed by atoms with Crippen LogP contribution in [0.5, 0.6) is 0 Å². The van der Waals surface area contributed by atoms with Gasteiger partial charge in [-0.05, 0) is 49.3 Å². The van der Waals surface area contributed by atoms with Gasteiger partial charge in [-0.15, -0.1) is 0 Å². The van der Waals surface area contributed by atoms with Crippen LogP contribution in [-0.2, 0) is 10.5 Å². The molecular weight excluding hydrogens is 320 g/mol. The third kappa shape index (κ3) is 5.15. The van der Waals surface area contributed by atoms with E-state index in [1.54, 1.807) is 0 Å². The summed E-state index contributed by atoms with van der Waals surface area (Å²) in [6.45, 7) is 5.73. The maximum Gasteiger partial charge on any atom is 0.321 e. The molecule has 0 spiro atoms. The normalized spacial score (nSPS) is 22.4. The van der Waals surface area contributed by atoms with Crippen molar-refractivity contribution in [2.24, 2.45) is 5.92 Å². The monoisotopic (exact) mass is 348 g/mol. The summed E-state index contributed by atoms with van der Waals surface area (Å²) in [5.74, 6) is 1.60. The molecule has 2 aliphatic heterocycles. The van der Waals surface area contributed by atoms with Crippen LogP contribution in [-0.4, -0.2) is 42.5 Å². The Bertz CT molecular complexity index is 546. The van der Waals surface area contributed by atoms with Gasteiger partial charge in [0.2, 0.25) is 0 Å². The predicted molar refractivity (Wildman–Crippen MR) is 101 cm³/mol. The summed E-state index contributed by atoms with van der Waals surface area (Å²) in [5.41, 5.74) is 2.18. The standard InChI is InChI=1S/C19H28N2O2S/c1-15-4-3-9-21(13-15)19(22)20-17-6-2-5-16(12-17)14-24-18-7-10-23-11-8-18/h2,5-6,12,15,18H,3-4,7-11,13-14H2,1H3,(H,20,22). The zero-order valence-electron chi connectivity index (χ0n) is 14.5. The van der Waals surface area contributed by atoms with Gasteiger partial charge < -0.3 is 15.0 Å². The van der Waals surface area contributed by atoms with Crippen molar-refractivity contribution in [3.8, 4) is 0 Å². The maximum absolute atomic E-state index is 12.4. The molecule has 2 saturated heterocycles. The molecule has 24 heavy (non-hydrogen) atoms. The molecule has 0 aliphatic carbocycles. The predicted octanol–water partition coefficient (Wildman–Crippen LogP) is 4.36. The Labute approximate surface area is 149 Å². The van der Waals surface area contributed by atoms with Gasteiger partial charge in [0.25, 0.3) is 0 Å². The smallest absolute Gasteiger partial charge is 0.321 e. The minimum absolute atomic E-state index is 0.0378. The Morgan fingerprint density at radius 3 is 2.96 bits per heavy atom. The van der Waals surface area contributed by atoms with Crippen molar-refractivity contribution in [3.63, 3.8) is 0 Å². The molecule has 132 valence electrons. The third-order valence-electron chi connectivity index (χ3n) is 4.78. The lowest BCUT2D eigenvalue weighted by molar-refractivity contribution is 0.1000. The average Bonchev–Trinajstić information content (AvgIpc) is 2.61. The van der Waals surface area contributed by atoms with Gasteiger partial charge in [0.15, 0.2) is 0 Å². The molecule has 1 N–H and O–H groups in total. The van der Waals surface area contributed by atoms with Crippen LogP contribution in [0.3, 0.4) is 0 Å². The van der Waals surface area contributed by atoms with Gasteiger partial charge >= 0.3 is 6.03 Å². The van der Waals surface area contributed by atoms with Crippen molar-refractivity contribution < 1.29 is 9.53 Å². The van der Waals surface area contributed by atoms with Crippen molar-refractivity contribution >= 4 is 23.5 Å². The SMILES string of the molecule is CC1CCCN(C(=O)Nc2cccc(CSC3CCOCC3)c2)C1. The molecule has 1 aromatic carbocycles. The first-order chi connectivity index (χ1) is 11.7. The van der Waals surface area contributed by atoms with E-state index in [0.717, 1.165) is 57.0 Å². The summed E-state index contributed by atoms with van der Waals surface area (Å²) in [5, 5.41) is 3.77. The summed E-state index contributed by atoms with van der Waals surface area (Å²) < 4.78 is 5.41. The number of amides is 2. The van der Waals surface area contributed by atoms with E-state index in [-0.39, 0.29) is 6.03 Å². The highest BCUT2D eigenvalue weighted by Gasteiger charge is 2.21. The van der Waals surface area contributed by atoms with Gasteiger partial charge in [-0.3, -0.25) is 0 Å². The second-order valence-electron chi connectivity index (χ2n) is 6.95. The second-order valence-corrected chi connectivity index (χ2v) is 8.24. The summed E-state index contributed by atoms with van der Waals surface area (Å²) in [7, 11) is 0. The first-order valence-electron chi connectivity index (χ1n) is 9.05. The number of benzene rings is 1. The number of thioether (sulfide) groups is 1. The molecule has 5 heteroatoms. The highest BCUT2D eigenvalue weighted by molar-refractivity contribution is 7.99. The molecule has 1 unspecified atom stereocenters. The number of likely N-dealkylation sites (tertiary alicyclic amines) is 1. The first-order valence-corrected chi connectivity index (χ1v) is 10.1. The zero-order valence-corrected chi connectivity index (χ0v) is 15.3. The molecular formula is C19H28N2O2S. The van der Waals surface area contributed by atoms with Crippen LogP contribution in [0, 0.1) is 5.92 Å². The Morgan fingerprint density at radius 1 is 1.33 bits per heavy atom. The van der Waals surface area contributed by atoms with Gasteiger partial charge in [-0.2, -0.15) is 11.8 Å². The van der Waals surface area contributed by atoms with Crippen LogP contribution in [0.1, 0.15) is 38.2 Å². The van der Waals surface area contributed by atoms with Crippen molar-refractivity contribution in [2.45, 2.75) is 43.6 Å². The number of nitrogens with one attached hydrogen (secondary N) is 1. The Kier molecular flexibility index (Phi) is 6.44. The minimum Gasteiger partial charge on any atom is -0.381 e. The lowest BCUT2D eigenvalue weighted by Crippen LogP contribution is -2.41. The number of nitrogens with zero attached hydrogens (tertiary/aromatic N) is 1. The molecule has 0 radical (unpaired) electrons. The van der Waals surface area contributed by atoms with Gasteiger partial charge in [0, 0.05) is 43.0 Å². The number of rotatable bonds is 4. The van der Waals surface area contributed by atoms with Crippen molar-refractivity contribution in [1.29, 1.82) is 0 Å². The molecule has 3 rings (SSSR count). The number of hydrogen-bond donors (Lipinski definition) is 1. The van der Waals surface area contributed by atoms with E-state index in [9.17, 15) is 4.79 Å². The summed E-state index contributed by atoms with van der Waals surface area (Å²) in [6.07, 6.45) is 4.63. The topological polar surface area (TPSA) is 41.6 Å². The number of urea groups is 1. The lowest BCUT2D eigenvalue weighted by atomic mass is 10.0. The van der Waals surface area contributed by atoms with E-state index >= 15 is 0 Å². The van der Waals surface area contributed by atoms with Crippen LogP contribution < -0.4 is 5.32 Å². The fraction of sp³-hybridized carbons (Fsp3) is 0.632. The zero-order chi connectivity index (χ0) is 16.8.